The number of anilines is 1. The Morgan fingerprint density at radius 1 is 1.24 bits per heavy atom. The first-order valence-corrected chi connectivity index (χ1v) is 9.19. The zero-order chi connectivity index (χ0) is 20.4. The largest absolute Gasteiger partial charge is 0.497 e. The number of amides is 1. The van der Waals surface area contributed by atoms with Gasteiger partial charge >= 0.3 is 0 Å². The summed E-state index contributed by atoms with van der Waals surface area (Å²) in [7, 11) is 3.44. The number of carbonyl (C=O) groups excluding carboxylic acids is 1. The summed E-state index contributed by atoms with van der Waals surface area (Å²) in [5.74, 6) is 1.03. The molecule has 2 heterocycles. The third-order valence-electron chi connectivity index (χ3n) is 4.57. The number of ether oxygens (including phenoxy) is 1. The summed E-state index contributed by atoms with van der Waals surface area (Å²) in [6.45, 7) is 0.599. The van der Waals surface area contributed by atoms with Gasteiger partial charge in [0.1, 0.15) is 23.4 Å². The van der Waals surface area contributed by atoms with Gasteiger partial charge in [-0.1, -0.05) is 18.2 Å². The van der Waals surface area contributed by atoms with E-state index in [1.54, 1.807) is 25.3 Å². The average molecular weight is 393 g/mol. The van der Waals surface area contributed by atoms with E-state index in [9.17, 15) is 9.59 Å². The Morgan fingerprint density at radius 3 is 2.90 bits per heavy atom. The molecule has 0 spiro atoms. The molecule has 0 aliphatic heterocycles. The second-order valence-electron chi connectivity index (χ2n) is 6.88. The van der Waals surface area contributed by atoms with Gasteiger partial charge in [0.05, 0.1) is 14.2 Å². The van der Waals surface area contributed by atoms with Gasteiger partial charge in [0.25, 0.3) is 11.5 Å². The fourth-order valence-corrected chi connectivity index (χ4v) is 3.26. The highest BCUT2D eigenvalue weighted by atomic mass is 16.5. The van der Waals surface area contributed by atoms with Crippen LogP contribution in [0.2, 0.25) is 0 Å². The fourth-order valence-electron chi connectivity index (χ4n) is 3.26. The van der Waals surface area contributed by atoms with Crippen LogP contribution in [0.4, 0.5) is 5.69 Å². The Morgan fingerprint density at radius 2 is 2.07 bits per heavy atom. The molecule has 0 aliphatic carbocycles. The molecule has 8 nitrogen and oxygen atoms in total. The Kier molecular flexibility index (Phi) is 5.01. The number of methoxy groups -OCH3 is 1. The number of aromatic amines is 1. The number of likely N-dealkylation sites (N-methyl/N-ethyl adjacent to an activating group) is 1. The van der Waals surface area contributed by atoms with E-state index >= 15 is 0 Å². The lowest BCUT2D eigenvalue weighted by Crippen LogP contribution is -3.08. The number of nitrogens with zero attached hydrogens (tertiary/aromatic N) is 1. The van der Waals surface area contributed by atoms with Crippen LogP contribution in [-0.2, 0) is 11.3 Å². The molecule has 2 aromatic heterocycles. The van der Waals surface area contributed by atoms with Crippen molar-refractivity contribution < 1.29 is 18.8 Å². The van der Waals surface area contributed by atoms with Crippen LogP contribution in [0.25, 0.3) is 22.1 Å². The van der Waals surface area contributed by atoms with Gasteiger partial charge in [-0.2, -0.15) is 0 Å². The van der Waals surface area contributed by atoms with Gasteiger partial charge in [-0.3, -0.25) is 9.59 Å². The first-order valence-electron chi connectivity index (χ1n) is 9.19. The first kappa shape index (κ1) is 18.7. The Bertz CT molecular complexity index is 1240. The topological polar surface area (TPSA) is 102 Å². The van der Waals surface area contributed by atoms with Crippen molar-refractivity contribution in [1.29, 1.82) is 0 Å². The van der Waals surface area contributed by atoms with Gasteiger partial charge < -0.3 is 24.4 Å². The fraction of sp³-hybridized carbons (Fsp3) is 0.190. The number of benzene rings is 2. The van der Waals surface area contributed by atoms with E-state index in [2.05, 4.69) is 15.3 Å². The molecular formula is C21H21N4O4+. The first-order chi connectivity index (χ1) is 14.0. The minimum Gasteiger partial charge on any atom is -0.497 e. The molecule has 3 N–H and O–H groups in total. The van der Waals surface area contributed by atoms with Crippen LogP contribution < -0.4 is 20.5 Å². The monoisotopic (exact) mass is 393 g/mol. The Labute approximate surface area is 166 Å². The molecule has 29 heavy (non-hydrogen) atoms. The molecule has 2 aromatic carbocycles. The van der Waals surface area contributed by atoms with Crippen molar-refractivity contribution in [3.63, 3.8) is 0 Å². The zero-order valence-electron chi connectivity index (χ0n) is 16.1. The van der Waals surface area contributed by atoms with Crippen molar-refractivity contribution in [2.24, 2.45) is 0 Å². The number of H-pyrrole nitrogens is 1. The van der Waals surface area contributed by atoms with Crippen LogP contribution in [0.15, 0.2) is 57.7 Å². The molecule has 0 saturated heterocycles. The molecule has 4 aromatic rings. The predicted molar refractivity (Wildman–Crippen MR) is 109 cm³/mol. The summed E-state index contributed by atoms with van der Waals surface area (Å²) in [4.78, 5) is 32.9. The summed E-state index contributed by atoms with van der Waals surface area (Å²) >= 11 is 0. The van der Waals surface area contributed by atoms with E-state index in [-0.39, 0.29) is 23.6 Å². The quantitative estimate of drug-likeness (QED) is 0.459. The molecule has 0 aliphatic rings. The van der Waals surface area contributed by atoms with Gasteiger partial charge in [0.2, 0.25) is 5.58 Å². The van der Waals surface area contributed by atoms with Crippen LogP contribution in [0.3, 0.4) is 0 Å². The van der Waals surface area contributed by atoms with Crippen LogP contribution in [0, 0.1) is 0 Å². The highest BCUT2D eigenvalue weighted by Crippen LogP contribution is 2.24. The minimum atomic E-state index is -0.324. The van der Waals surface area contributed by atoms with E-state index in [0.29, 0.717) is 34.9 Å². The van der Waals surface area contributed by atoms with Gasteiger partial charge in [0.15, 0.2) is 12.4 Å². The molecule has 1 amide bonds. The Hall–Kier alpha value is -3.65. The van der Waals surface area contributed by atoms with Gasteiger partial charge in [-0.15, -0.1) is 0 Å². The van der Waals surface area contributed by atoms with Gasteiger partial charge in [-0.25, -0.2) is 4.98 Å². The third kappa shape index (κ3) is 3.97. The lowest BCUT2D eigenvalue weighted by molar-refractivity contribution is -0.885. The number of furan rings is 1. The molecular weight excluding hydrogens is 372 g/mol. The maximum Gasteiger partial charge on any atom is 0.294 e. The summed E-state index contributed by atoms with van der Waals surface area (Å²) < 4.78 is 10.8. The molecule has 1 atom stereocenters. The summed E-state index contributed by atoms with van der Waals surface area (Å²) in [6.07, 6.45) is 0. The minimum absolute atomic E-state index is 0.145. The highest BCUT2D eigenvalue weighted by molar-refractivity contribution is 6.01. The maximum atomic E-state index is 12.4. The van der Waals surface area contributed by atoms with Gasteiger partial charge in [-0.05, 0) is 24.3 Å². The normalized spacial score (nSPS) is 12.2. The van der Waals surface area contributed by atoms with Crippen molar-refractivity contribution in [1.82, 2.24) is 9.97 Å². The van der Waals surface area contributed by atoms with Crippen LogP contribution in [0.5, 0.6) is 5.75 Å². The number of para-hydroxylation sites is 1. The molecule has 1 unspecified atom stereocenters. The van der Waals surface area contributed by atoms with Crippen molar-refractivity contribution in [3.05, 3.63) is 64.7 Å². The molecule has 0 saturated carbocycles. The lowest BCUT2D eigenvalue weighted by Gasteiger charge is -2.13. The van der Waals surface area contributed by atoms with E-state index in [4.69, 9.17) is 9.15 Å². The average Bonchev–Trinajstić information content (AvgIpc) is 3.07. The third-order valence-corrected chi connectivity index (χ3v) is 4.57. The smallest absolute Gasteiger partial charge is 0.294 e. The zero-order valence-corrected chi connectivity index (χ0v) is 16.1. The number of carbonyl (C=O) groups is 1. The molecule has 148 valence electrons. The molecule has 0 bridgehead atoms. The molecule has 4 rings (SSSR count). The Balaban J connectivity index is 1.48. The van der Waals surface area contributed by atoms with E-state index in [1.807, 2.05) is 37.4 Å². The maximum absolute atomic E-state index is 12.4. The van der Waals surface area contributed by atoms with Crippen molar-refractivity contribution in [3.8, 4) is 5.75 Å². The van der Waals surface area contributed by atoms with E-state index < -0.39 is 0 Å². The number of fused-ring (bicyclic) bond motifs is 3. The second-order valence-corrected chi connectivity index (χ2v) is 6.88. The lowest BCUT2D eigenvalue weighted by atomic mass is 10.2. The number of hydrogen-bond acceptors (Lipinski definition) is 5. The number of nitrogens with one attached hydrogen (secondary N) is 3. The number of rotatable bonds is 6. The predicted octanol–water partition coefficient (Wildman–Crippen LogP) is 1.33. The number of quaternary nitrogens is 1. The highest BCUT2D eigenvalue weighted by Gasteiger charge is 2.16. The number of aromatic nitrogens is 2. The molecule has 8 heteroatoms. The summed E-state index contributed by atoms with van der Waals surface area (Å²) in [5, 5.41) is 3.64. The standard InChI is InChI=1S/C21H20N4O4/c1-25(12-18(26)22-13-6-5-7-14(10-13)28-2)11-17-23-19-15-8-3-4-9-16(15)29-20(19)21(27)24-17/h3-10H,11-12H2,1-2H3,(H,22,26)(H,23,24,27)/p+1. The van der Waals surface area contributed by atoms with Crippen LogP contribution in [-0.4, -0.2) is 36.6 Å². The SMILES string of the molecule is COc1cccc(NC(=O)C[NH+](C)Cc2nc3c(oc4ccccc43)c(=O)[nH]2)c1. The summed E-state index contributed by atoms with van der Waals surface area (Å²) in [5.41, 5.74) is 1.71. The number of hydrogen-bond donors (Lipinski definition) is 3. The molecule has 0 radical (unpaired) electrons. The molecule has 0 fully saturated rings. The van der Waals surface area contributed by atoms with Crippen LogP contribution in [0.1, 0.15) is 5.82 Å². The summed E-state index contributed by atoms with van der Waals surface area (Å²) in [6, 6.07) is 14.6. The van der Waals surface area contributed by atoms with Crippen molar-refractivity contribution in [2.45, 2.75) is 6.54 Å². The van der Waals surface area contributed by atoms with Crippen molar-refractivity contribution >= 4 is 33.7 Å². The van der Waals surface area contributed by atoms with Gasteiger partial charge in [0, 0.05) is 17.1 Å². The van der Waals surface area contributed by atoms with Crippen molar-refractivity contribution in [2.75, 3.05) is 26.0 Å². The second kappa shape index (κ2) is 7.76. The van der Waals surface area contributed by atoms with E-state index in [1.165, 1.54) is 0 Å². The van der Waals surface area contributed by atoms with Crippen LogP contribution >= 0.6 is 0 Å². The van der Waals surface area contributed by atoms with E-state index in [0.717, 1.165) is 10.3 Å².